The lowest BCUT2D eigenvalue weighted by atomic mass is 9.69. The van der Waals surface area contributed by atoms with Gasteiger partial charge in [0.25, 0.3) is 0 Å². The molecule has 2 aromatic carbocycles. The summed E-state index contributed by atoms with van der Waals surface area (Å²) in [4.78, 5) is 35.0. The van der Waals surface area contributed by atoms with Crippen LogP contribution < -0.4 is 5.32 Å². The van der Waals surface area contributed by atoms with Crippen molar-refractivity contribution in [2.75, 3.05) is 5.32 Å². The molecule has 0 aliphatic heterocycles. The van der Waals surface area contributed by atoms with E-state index in [1.165, 1.54) is 0 Å². The molecule has 0 bridgehead atoms. The first-order valence-corrected chi connectivity index (χ1v) is 12.7. The van der Waals surface area contributed by atoms with E-state index in [4.69, 9.17) is 0 Å². The van der Waals surface area contributed by atoms with E-state index < -0.39 is 21.7 Å². The van der Waals surface area contributed by atoms with Crippen LogP contribution in [0.15, 0.2) is 48.5 Å². The van der Waals surface area contributed by atoms with Gasteiger partial charge in [-0.05, 0) is 81.5 Å². The Morgan fingerprint density at radius 1 is 1.14 bits per heavy atom. The molecule has 3 aromatic rings. The van der Waals surface area contributed by atoms with E-state index >= 15 is 0 Å². The molecule has 1 aliphatic carbocycles. The highest BCUT2D eigenvalue weighted by Gasteiger charge is 2.41. The number of anilines is 1. The first kappa shape index (κ1) is 24.9. The van der Waals surface area contributed by atoms with Gasteiger partial charge >= 0.3 is 0 Å². The van der Waals surface area contributed by atoms with Crippen LogP contribution in [0.4, 0.5) is 5.69 Å². The Labute approximate surface area is 207 Å². The molecule has 0 spiro atoms. The predicted octanol–water partition coefficient (Wildman–Crippen LogP) is 4.64. The van der Waals surface area contributed by atoms with Crippen molar-refractivity contribution in [3.8, 4) is 0 Å². The Kier molecular flexibility index (Phi) is 6.96. The number of aryl methyl sites for hydroxylation is 3. The van der Waals surface area contributed by atoms with E-state index in [9.17, 15) is 18.4 Å². The molecule has 1 heterocycles. The molecule has 0 saturated heterocycles. The molecule has 0 radical (unpaired) electrons. The molecule has 0 saturated carbocycles. The molecule has 1 amide bonds. The number of amides is 1. The van der Waals surface area contributed by atoms with E-state index in [0.717, 1.165) is 28.1 Å². The maximum atomic E-state index is 13.5. The monoisotopic (exact) mass is 491 g/mol. The van der Waals surface area contributed by atoms with Gasteiger partial charge in [-0.3, -0.25) is 9.59 Å². The van der Waals surface area contributed by atoms with Crippen LogP contribution in [-0.4, -0.2) is 30.4 Å². The van der Waals surface area contributed by atoms with Crippen LogP contribution in [0.3, 0.4) is 0 Å². The number of Topliss-reactive ketones (excluding diaryl/α,β-unsaturated/α-hetero) is 1. The second-order valence-corrected chi connectivity index (χ2v) is 10.6. The zero-order valence-corrected chi connectivity index (χ0v) is 21.1. The summed E-state index contributed by atoms with van der Waals surface area (Å²) in [6.45, 7) is 7.36. The average molecular weight is 492 g/mol. The van der Waals surface area contributed by atoms with Gasteiger partial charge < -0.3 is 9.87 Å². The maximum Gasteiger partial charge on any atom is 0.228 e. The number of carbonyl (C=O) groups excluding carboxylic acids is 2. The Hall–Kier alpha value is -3.23. The summed E-state index contributed by atoms with van der Waals surface area (Å²) in [5.74, 6) is 0.521. The predicted molar refractivity (Wildman–Crippen MR) is 136 cm³/mol. The molecule has 2 N–H and O–H groups in total. The molecule has 0 fully saturated rings. The van der Waals surface area contributed by atoms with Crippen molar-refractivity contribution in [1.29, 1.82) is 0 Å². The van der Waals surface area contributed by atoms with Gasteiger partial charge in [-0.2, -0.15) is 0 Å². The number of hydrogen-bond donors (Lipinski definition) is 2. The maximum absolute atomic E-state index is 13.5. The minimum atomic E-state index is -1.94. The number of carbonyl (C=O) groups is 2. The van der Waals surface area contributed by atoms with Crippen molar-refractivity contribution in [2.45, 2.75) is 57.6 Å². The second-order valence-electron chi connectivity index (χ2n) is 9.36. The summed E-state index contributed by atoms with van der Waals surface area (Å²) in [5, 5.41) is 2.43. The third-order valence-corrected chi connectivity index (χ3v) is 7.55. The fourth-order valence-corrected chi connectivity index (χ4v) is 4.94. The Morgan fingerprint density at radius 3 is 2.51 bits per heavy atom. The third kappa shape index (κ3) is 5.23. The summed E-state index contributed by atoms with van der Waals surface area (Å²) in [5.41, 5.74) is 4.68. The van der Waals surface area contributed by atoms with Gasteiger partial charge in [0.1, 0.15) is 5.82 Å². The van der Waals surface area contributed by atoms with Gasteiger partial charge in [-0.25, -0.2) is 14.2 Å². The summed E-state index contributed by atoms with van der Waals surface area (Å²) >= 11 is -1.94. The van der Waals surface area contributed by atoms with E-state index in [1.54, 1.807) is 43.3 Å². The van der Waals surface area contributed by atoms with Gasteiger partial charge in [0, 0.05) is 16.9 Å². The molecular weight excluding hydrogens is 462 g/mol. The Bertz CT molecular complexity index is 1300. The van der Waals surface area contributed by atoms with Gasteiger partial charge in [-0.1, -0.05) is 24.3 Å². The summed E-state index contributed by atoms with van der Waals surface area (Å²) < 4.78 is 20.5. The van der Waals surface area contributed by atoms with Crippen LogP contribution >= 0.6 is 0 Å². The quantitative estimate of drug-likeness (QED) is 0.486. The van der Waals surface area contributed by atoms with Gasteiger partial charge in [0.2, 0.25) is 5.91 Å². The minimum absolute atomic E-state index is 0.0345. The zero-order valence-electron chi connectivity index (χ0n) is 20.3. The number of benzene rings is 2. The van der Waals surface area contributed by atoms with E-state index in [-0.39, 0.29) is 18.1 Å². The molecule has 182 valence electrons. The van der Waals surface area contributed by atoms with E-state index in [2.05, 4.69) is 15.3 Å². The van der Waals surface area contributed by atoms with Crippen LogP contribution in [0.1, 0.15) is 69.8 Å². The van der Waals surface area contributed by atoms with Crippen molar-refractivity contribution in [2.24, 2.45) is 0 Å². The SMILES string of the molecule is Cc1cc(C2(C)CCc3cc(NC(=O)Cc4ccc(C(C)S(=O)O)cc4)ccc3C2=O)nc(C)n1. The topological polar surface area (TPSA) is 109 Å². The summed E-state index contributed by atoms with van der Waals surface area (Å²) in [6, 6.07) is 14.4. The number of nitrogens with one attached hydrogen (secondary N) is 1. The van der Waals surface area contributed by atoms with E-state index in [0.29, 0.717) is 29.9 Å². The number of aromatic nitrogens is 2. The molecule has 4 rings (SSSR count). The van der Waals surface area contributed by atoms with Crippen molar-refractivity contribution in [3.05, 3.63) is 88.0 Å². The van der Waals surface area contributed by atoms with Crippen molar-refractivity contribution >= 4 is 28.5 Å². The van der Waals surface area contributed by atoms with Crippen LogP contribution in [-0.2, 0) is 34.1 Å². The molecular formula is C27H29N3O4S. The van der Waals surface area contributed by atoms with Crippen LogP contribution in [0.25, 0.3) is 0 Å². The lowest BCUT2D eigenvalue weighted by Gasteiger charge is -2.33. The lowest BCUT2D eigenvalue weighted by molar-refractivity contribution is -0.115. The number of rotatable bonds is 6. The number of fused-ring (bicyclic) bond motifs is 1. The van der Waals surface area contributed by atoms with Crippen molar-refractivity contribution < 1.29 is 18.4 Å². The molecule has 3 unspecified atom stereocenters. The van der Waals surface area contributed by atoms with Gasteiger partial charge in [0.05, 0.1) is 22.8 Å². The zero-order chi connectivity index (χ0) is 25.3. The van der Waals surface area contributed by atoms with Gasteiger partial charge in [-0.15, -0.1) is 0 Å². The fourth-order valence-electron chi connectivity index (χ4n) is 4.55. The van der Waals surface area contributed by atoms with E-state index in [1.807, 2.05) is 32.9 Å². The highest BCUT2D eigenvalue weighted by atomic mass is 32.2. The van der Waals surface area contributed by atoms with Gasteiger partial charge in [0.15, 0.2) is 16.9 Å². The third-order valence-electron chi connectivity index (χ3n) is 6.68. The molecule has 7 nitrogen and oxygen atoms in total. The molecule has 3 atom stereocenters. The number of hydrogen-bond acceptors (Lipinski definition) is 5. The minimum Gasteiger partial charge on any atom is -0.326 e. The highest BCUT2D eigenvalue weighted by Crippen LogP contribution is 2.38. The molecule has 1 aliphatic rings. The molecule has 8 heteroatoms. The Balaban J connectivity index is 1.46. The second kappa shape index (κ2) is 9.79. The number of nitrogens with zero attached hydrogens (tertiary/aromatic N) is 2. The lowest BCUT2D eigenvalue weighted by Crippen LogP contribution is -2.38. The average Bonchev–Trinajstić information content (AvgIpc) is 2.81. The largest absolute Gasteiger partial charge is 0.326 e. The first-order valence-electron chi connectivity index (χ1n) is 11.6. The van der Waals surface area contributed by atoms with Crippen LogP contribution in [0.5, 0.6) is 0 Å². The smallest absolute Gasteiger partial charge is 0.228 e. The van der Waals surface area contributed by atoms with Crippen LogP contribution in [0, 0.1) is 13.8 Å². The molecule has 1 aromatic heterocycles. The highest BCUT2D eigenvalue weighted by molar-refractivity contribution is 7.79. The van der Waals surface area contributed by atoms with Crippen molar-refractivity contribution in [1.82, 2.24) is 9.97 Å². The van der Waals surface area contributed by atoms with Crippen LogP contribution in [0.2, 0.25) is 0 Å². The fraction of sp³-hybridized carbons (Fsp3) is 0.333. The molecule has 35 heavy (non-hydrogen) atoms. The standard InChI is InChI=1S/C27H29N3O4S/c1-16-13-24(29-18(3)28-16)27(4)12-11-21-15-22(9-10-23(21)26(27)32)30-25(31)14-19-5-7-20(8-6-19)17(2)35(33)34/h5-10,13,15,17H,11-12,14H2,1-4H3,(H,30,31)(H,33,34). The van der Waals surface area contributed by atoms with Crippen molar-refractivity contribution in [3.63, 3.8) is 0 Å². The summed E-state index contributed by atoms with van der Waals surface area (Å²) in [7, 11) is 0. The normalized spacial score (nSPS) is 19.1. The first-order chi connectivity index (χ1) is 16.6. The summed E-state index contributed by atoms with van der Waals surface area (Å²) in [6.07, 6.45) is 1.52. The number of ketones is 1. The Morgan fingerprint density at radius 2 is 1.86 bits per heavy atom.